The minimum Gasteiger partial charge on any atom is -0.416 e. The van der Waals surface area contributed by atoms with Crippen LogP contribution in [-0.4, -0.2) is 67.1 Å². The van der Waals surface area contributed by atoms with Gasteiger partial charge in [0.25, 0.3) is 0 Å². The maximum atomic E-state index is 11.7. The van der Waals surface area contributed by atoms with Gasteiger partial charge in [-0.3, -0.25) is 14.5 Å². The number of likely N-dealkylation sites (tertiary alicyclic amines) is 1. The zero-order valence-corrected chi connectivity index (χ0v) is 20.9. The molecule has 1 aliphatic heterocycles. The van der Waals surface area contributed by atoms with Crippen LogP contribution >= 0.6 is 0 Å². The molecule has 1 rings (SSSR count). The normalized spacial score (nSPS) is 19.2. The number of rotatable bonds is 10. The molecule has 2 amide bonds. The summed E-state index contributed by atoms with van der Waals surface area (Å²) in [6.45, 7) is 12.6. The molecule has 152 valence electrons. The zero-order valence-electron chi connectivity index (χ0n) is 16.9. The van der Waals surface area contributed by atoms with E-state index in [1.807, 2.05) is 19.6 Å². The first-order valence-electron chi connectivity index (χ1n) is 8.90. The van der Waals surface area contributed by atoms with Gasteiger partial charge in [-0.05, 0) is 58.3 Å². The second kappa shape index (κ2) is 8.44. The second-order valence-electron chi connectivity index (χ2n) is 8.28. The molecule has 26 heavy (non-hydrogen) atoms. The lowest BCUT2D eigenvalue weighted by molar-refractivity contribution is -0.138. The molecule has 1 unspecified atom stereocenters. The van der Waals surface area contributed by atoms with Gasteiger partial charge in [0.2, 0.25) is 11.8 Å². The van der Waals surface area contributed by atoms with Gasteiger partial charge in [0.15, 0.2) is 0 Å². The summed E-state index contributed by atoms with van der Waals surface area (Å²) in [5, 5.41) is 0. The molecule has 0 aromatic heterocycles. The van der Waals surface area contributed by atoms with Gasteiger partial charge in [0.05, 0.1) is 0 Å². The smallest absolute Gasteiger partial charge is 0.320 e. The summed E-state index contributed by atoms with van der Waals surface area (Å²) in [4.78, 5) is 45.1. The Kier molecular flexibility index (Phi) is 7.74. The molecule has 1 aliphatic rings. The fourth-order valence-electron chi connectivity index (χ4n) is 3.22. The van der Waals surface area contributed by atoms with Crippen LogP contribution in [0.4, 0.5) is 0 Å². The number of carbonyl (C=O) groups excluding carboxylic acids is 2. The highest BCUT2D eigenvalue weighted by Crippen LogP contribution is 2.27. The molecule has 1 heterocycles. The minimum atomic E-state index is -2.85. The van der Waals surface area contributed by atoms with Gasteiger partial charge in [-0.1, -0.05) is 0 Å². The number of carbonyl (C=O) groups is 2. The molecular weight excluding hydrogens is 406 g/mol. The largest absolute Gasteiger partial charge is 0.416 e. The first kappa shape index (κ1) is 23.8. The topological polar surface area (TPSA) is 106 Å². The third-order valence-electron chi connectivity index (χ3n) is 3.59. The first-order valence-corrected chi connectivity index (χ1v) is 20.0. The summed E-state index contributed by atoms with van der Waals surface area (Å²) in [5.74, 6) is -0.272. The molecule has 0 saturated carbocycles. The van der Waals surface area contributed by atoms with E-state index in [2.05, 4.69) is 0 Å². The Bertz CT molecular complexity index is 516. The Hall–Kier alpha value is -0.192. The lowest BCUT2D eigenvalue weighted by atomic mass is 10.4. The Morgan fingerprint density at radius 1 is 0.846 bits per heavy atom. The summed E-state index contributed by atoms with van der Waals surface area (Å²) >= 11 is 0. The van der Waals surface area contributed by atoms with Gasteiger partial charge in [-0.15, -0.1) is 0 Å². The van der Waals surface area contributed by atoms with Crippen LogP contribution in [0.2, 0.25) is 51.9 Å². The lowest BCUT2D eigenvalue weighted by Crippen LogP contribution is -2.58. The molecular formula is C14H33NO7Si4. The van der Waals surface area contributed by atoms with Crippen LogP contribution in [0.1, 0.15) is 19.3 Å². The number of amides is 2. The number of hydrogen-bond donors (Lipinski definition) is 2. The summed E-state index contributed by atoms with van der Waals surface area (Å²) < 4.78 is 18.1. The average Bonchev–Trinajstić information content (AvgIpc) is 2.63. The van der Waals surface area contributed by atoms with Crippen LogP contribution in [0.5, 0.6) is 0 Å². The molecule has 8 nitrogen and oxygen atoms in total. The Balaban J connectivity index is 2.79. The Morgan fingerprint density at radius 2 is 1.31 bits per heavy atom. The van der Waals surface area contributed by atoms with E-state index in [1.165, 1.54) is 4.90 Å². The van der Waals surface area contributed by atoms with Crippen LogP contribution in [0.3, 0.4) is 0 Å². The van der Waals surface area contributed by atoms with Crippen molar-refractivity contribution >= 4 is 46.1 Å². The van der Waals surface area contributed by atoms with Crippen molar-refractivity contribution in [2.45, 2.75) is 71.1 Å². The van der Waals surface area contributed by atoms with Gasteiger partial charge >= 0.3 is 34.2 Å². The summed E-state index contributed by atoms with van der Waals surface area (Å²) in [6, 6.07) is 0.522. The van der Waals surface area contributed by atoms with E-state index in [-0.39, 0.29) is 24.7 Å². The maximum absolute atomic E-state index is 11.7. The number of nitrogens with zero attached hydrogens (tertiary/aromatic N) is 1. The molecule has 0 spiro atoms. The lowest BCUT2D eigenvalue weighted by Gasteiger charge is -2.40. The van der Waals surface area contributed by atoms with Crippen LogP contribution in [0, 0.1) is 0 Å². The predicted molar refractivity (Wildman–Crippen MR) is 107 cm³/mol. The van der Waals surface area contributed by atoms with Crippen molar-refractivity contribution in [1.29, 1.82) is 0 Å². The molecule has 0 aliphatic carbocycles. The molecule has 12 heteroatoms. The van der Waals surface area contributed by atoms with Gasteiger partial charge in [-0.2, -0.15) is 0 Å². The van der Waals surface area contributed by atoms with Crippen molar-refractivity contribution in [2.24, 2.45) is 0 Å². The van der Waals surface area contributed by atoms with Crippen LogP contribution in [0.15, 0.2) is 0 Å². The fourth-order valence-corrected chi connectivity index (χ4v) is 19.1. The van der Waals surface area contributed by atoms with Crippen LogP contribution < -0.4 is 0 Å². The Morgan fingerprint density at radius 3 is 1.73 bits per heavy atom. The van der Waals surface area contributed by atoms with E-state index < -0.39 is 34.2 Å². The van der Waals surface area contributed by atoms with Crippen molar-refractivity contribution in [3.05, 3.63) is 0 Å². The van der Waals surface area contributed by atoms with Gasteiger partial charge in [0.1, 0.15) is 0 Å². The highest BCUT2D eigenvalue weighted by atomic mass is 28.5. The third kappa shape index (κ3) is 8.66. The van der Waals surface area contributed by atoms with E-state index in [4.69, 9.17) is 12.3 Å². The third-order valence-corrected chi connectivity index (χ3v) is 16.2. The first-order chi connectivity index (χ1) is 11.5. The van der Waals surface area contributed by atoms with Crippen molar-refractivity contribution in [3.63, 3.8) is 0 Å². The van der Waals surface area contributed by atoms with E-state index >= 15 is 0 Å². The molecule has 1 fully saturated rings. The standard InChI is InChI=1S/C14H33NO7Si4/c1-23(2,18)20-25(5,6)22-26(7,21-24(3,4)19)12-8-11-15-13(16)9-10-14(15)17/h18-19H,8-12H2,1-7H3. The molecule has 2 N–H and O–H groups in total. The summed E-state index contributed by atoms with van der Waals surface area (Å²) in [5.41, 5.74) is 0. The van der Waals surface area contributed by atoms with Crippen LogP contribution in [0.25, 0.3) is 0 Å². The van der Waals surface area contributed by atoms with E-state index in [9.17, 15) is 19.2 Å². The monoisotopic (exact) mass is 439 g/mol. The SMILES string of the molecule is C[Si](C)(O)O[Si](C)(C)O[Si](C)(CCCN1C(=O)CCC1=O)O[Si](C)(C)O. The molecule has 0 bridgehead atoms. The highest BCUT2D eigenvalue weighted by molar-refractivity contribution is 6.87. The molecule has 0 radical (unpaired) electrons. The molecule has 1 saturated heterocycles. The minimum absolute atomic E-state index is 0.136. The van der Waals surface area contributed by atoms with Gasteiger partial charge in [-0.25, -0.2) is 0 Å². The maximum Gasteiger partial charge on any atom is 0.320 e. The van der Waals surface area contributed by atoms with Crippen molar-refractivity contribution in [1.82, 2.24) is 4.90 Å². The molecule has 0 aromatic carbocycles. The Labute approximate surface area is 160 Å². The number of imide groups is 1. The predicted octanol–water partition coefficient (Wildman–Crippen LogP) is 1.74. The van der Waals surface area contributed by atoms with Crippen LogP contribution in [-0.2, 0) is 21.9 Å². The second-order valence-corrected chi connectivity index (χ2v) is 22.1. The van der Waals surface area contributed by atoms with Crippen molar-refractivity contribution in [3.8, 4) is 0 Å². The van der Waals surface area contributed by atoms with Gasteiger partial charge < -0.3 is 21.9 Å². The van der Waals surface area contributed by atoms with E-state index in [0.717, 1.165) is 0 Å². The van der Waals surface area contributed by atoms with Crippen molar-refractivity contribution < 1.29 is 31.5 Å². The van der Waals surface area contributed by atoms with E-state index in [0.29, 0.717) is 19.0 Å². The van der Waals surface area contributed by atoms with Gasteiger partial charge in [0, 0.05) is 19.4 Å². The zero-order chi connectivity index (χ0) is 20.4. The summed E-state index contributed by atoms with van der Waals surface area (Å²) in [7, 11) is -11.1. The molecule has 1 atom stereocenters. The van der Waals surface area contributed by atoms with Crippen molar-refractivity contribution in [2.75, 3.05) is 6.54 Å². The summed E-state index contributed by atoms with van der Waals surface area (Å²) in [6.07, 6.45) is 1.11. The quantitative estimate of drug-likeness (QED) is 0.394. The van der Waals surface area contributed by atoms with E-state index in [1.54, 1.807) is 26.2 Å². The fraction of sp³-hybridized carbons (Fsp3) is 0.857. The highest BCUT2D eigenvalue weighted by Gasteiger charge is 2.46. The average molecular weight is 440 g/mol. The molecule has 0 aromatic rings. The number of hydrogen-bond acceptors (Lipinski definition) is 7.